The van der Waals surface area contributed by atoms with Gasteiger partial charge in [-0.1, -0.05) is 0 Å². The largest absolute Gasteiger partial charge is 0.493 e. The van der Waals surface area contributed by atoms with Crippen LogP contribution in [0.25, 0.3) is 0 Å². The Morgan fingerprint density at radius 2 is 2.33 bits per heavy atom. The van der Waals surface area contributed by atoms with E-state index in [4.69, 9.17) is 10.00 Å². The molecular formula is C11H13FN2O. The van der Waals surface area contributed by atoms with Gasteiger partial charge in [-0.25, -0.2) is 4.39 Å². The molecule has 80 valence electrons. The molecule has 0 aliphatic heterocycles. The highest BCUT2D eigenvalue weighted by Gasteiger charge is 2.02. The monoisotopic (exact) mass is 208 g/mol. The summed E-state index contributed by atoms with van der Waals surface area (Å²) in [6.45, 7) is 1.39. The van der Waals surface area contributed by atoms with E-state index >= 15 is 0 Å². The quantitative estimate of drug-likeness (QED) is 0.749. The topological polar surface area (TPSA) is 45.0 Å². The van der Waals surface area contributed by atoms with Gasteiger partial charge in [-0.3, -0.25) is 0 Å². The number of benzene rings is 1. The summed E-state index contributed by atoms with van der Waals surface area (Å²) >= 11 is 0. The Morgan fingerprint density at radius 1 is 1.53 bits per heavy atom. The van der Waals surface area contributed by atoms with Gasteiger partial charge in [0, 0.05) is 6.07 Å². The number of nitrogens with zero attached hydrogens (tertiary/aromatic N) is 1. The molecule has 0 radical (unpaired) electrons. The van der Waals surface area contributed by atoms with E-state index in [9.17, 15) is 4.39 Å². The second kappa shape index (κ2) is 5.99. The van der Waals surface area contributed by atoms with Crippen LogP contribution in [0.5, 0.6) is 5.75 Å². The van der Waals surface area contributed by atoms with Crippen molar-refractivity contribution in [3.63, 3.8) is 0 Å². The highest BCUT2D eigenvalue weighted by Crippen LogP contribution is 2.15. The second-order valence-electron chi connectivity index (χ2n) is 3.06. The van der Waals surface area contributed by atoms with Crippen molar-refractivity contribution < 1.29 is 9.13 Å². The molecule has 0 amide bonds. The molecule has 0 aliphatic rings. The molecule has 1 aromatic rings. The molecule has 3 nitrogen and oxygen atoms in total. The lowest BCUT2D eigenvalue weighted by Gasteiger charge is -2.05. The Bertz CT molecular complexity index is 360. The van der Waals surface area contributed by atoms with Crippen LogP contribution in [0, 0.1) is 17.1 Å². The summed E-state index contributed by atoms with van der Waals surface area (Å²) in [6.07, 6.45) is 0.859. The van der Waals surface area contributed by atoms with E-state index in [1.54, 1.807) is 12.1 Å². The van der Waals surface area contributed by atoms with Crippen LogP contribution in [0.2, 0.25) is 0 Å². The zero-order valence-electron chi connectivity index (χ0n) is 8.59. The molecule has 1 N–H and O–H groups in total. The Hall–Kier alpha value is -1.60. The van der Waals surface area contributed by atoms with E-state index in [1.807, 2.05) is 7.05 Å². The van der Waals surface area contributed by atoms with E-state index in [2.05, 4.69) is 5.32 Å². The molecule has 0 aliphatic carbocycles. The van der Waals surface area contributed by atoms with Crippen molar-refractivity contribution in [1.82, 2.24) is 5.32 Å². The number of rotatable bonds is 5. The van der Waals surface area contributed by atoms with Gasteiger partial charge in [0.2, 0.25) is 0 Å². The van der Waals surface area contributed by atoms with Crippen molar-refractivity contribution in [2.45, 2.75) is 6.42 Å². The van der Waals surface area contributed by atoms with E-state index in [0.29, 0.717) is 12.4 Å². The minimum absolute atomic E-state index is 0.0394. The molecule has 0 fully saturated rings. The van der Waals surface area contributed by atoms with Gasteiger partial charge < -0.3 is 10.1 Å². The summed E-state index contributed by atoms with van der Waals surface area (Å²) in [5.74, 6) is -0.0776. The zero-order chi connectivity index (χ0) is 11.1. The van der Waals surface area contributed by atoms with Crippen LogP contribution >= 0.6 is 0 Å². The molecule has 4 heteroatoms. The van der Waals surface area contributed by atoms with Crippen LogP contribution in [-0.2, 0) is 0 Å². The normalized spacial score (nSPS) is 9.67. The van der Waals surface area contributed by atoms with Crippen molar-refractivity contribution in [2.75, 3.05) is 20.2 Å². The third-order valence-corrected chi connectivity index (χ3v) is 1.90. The SMILES string of the molecule is CNCCCOc1ccc(C#N)c(F)c1. The maximum atomic E-state index is 13.1. The standard InChI is InChI=1S/C11H13FN2O/c1-14-5-2-6-15-10-4-3-9(8-13)11(12)7-10/h3-4,7,14H,2,5-6H2,1H3. The van der Waals surface area contributed by atoms with Crippen molar-refractivity contribution >= 4 is 0 Å². The van der Waals surface area contributed by atoms with Gasteiger partial charge in [-0.05, 0) is 32.1 Å². The molecule has 0 unspecified atom stereocenters. The molecule has 1 rings (SSSR count). The van der Waals surface area contributed by atoms with Gasteiger partial charge in [0.25, 0.3) is 0 Å². The fourth-order valence-corrected chi connectivity index (χ4v) is 1.12. The molecule has 1 aromatic carbocycles. The fourth-order valence-electron chi connectivity index (χ4n) is 1.12. The van der Waals surface area contributed by atoms with Crippen LogP contribution in [0.3, 0.4) is 0 Å². The van der Waals surface area contributed by atoms with Gasteiger partial charge in [0.05, 0.1) is 12.2 Å². The minimum Gasteiger partial charge on any atom is -0.493 e. The first-order valence-electron chi connectivity index (χ1n) is 4.75. The number of nitrogens with one attached hydrogen (secondary N) is 1. The average molecular weight is 208 g/mol. The first kappa shape index (κ1) is 11.5. The lowest BCUT2D eigenvalue weighted by atomic mass is 10.2. The number of halogens is 1. The smallest absolute Gasteiger partial charge is 0.144 e. The number of hydrogen-bond donors (Lipinski definition) is 1. The first-order valence-corrected chi connectivity index (χ1v) is 4.75. The second-order valence-corrected chi connectivity index (χ2v) is 3.06. The summed E-state index contributed by atoms with van der Waals surface area (Å²) in [7, 11) is 1.86. The van der Waals surface area contributed by atoms with Crippen LogP contribution in [0.15, 0.2) is 18.2 Å². The molecule has 0 atom stereocenters. The Kier molecular flexibility index (Phi) is 4.58. The lowest BCUT2D eigenvalue weighted by Crippen LogP contribution is -2.11. The molecule has 0 aromatic heterocycles. The van der Waals surface area contributed by atoms with Crippen LogP contribution < -0.4 is 10.1 Å². The van der Waals surface area contributed by atoms with Crippen molar-refractivity contribution in [1.29, 1.82) is 5.26 Å². The summed E-state index contributed by atoms with van der Waals surface area (Å²) in [6, 6.07) is 6.01. The molecule has 0 saturated heterocycles. The number of nitriles is 1. The Labute approximate surface area is 88.5 Å². The van der Waals surface area contributed by atoms with Gasteiger partial charge in [0.15, 0.2) is 0 Å². The number of ether oxygens (including phenoxy) is 1. The average Bonchev–Trinajstić information content (AvgIpc) is 2.25. The lowest BCUT2D eigenvalue weighted by molar-refractivity contribution is 0.308. The minimum atomic E-state index is -0.538. The summed E-state index contributed by atoms with van der Waals surface area (Å²) in [5.41, 5.74) is 0.0394. The molecular weight excluding hydrogens is 195 g/mol. The third-order valence-electron chi connectivity index (χ3n) is 1.90. The third kappa shape index (κ3) is 3.56. The molecule has 0 bridgehead atoms. The van der Waals surface area contributed by atoms with Crippen LogP contribution in [-0.4, -0.2) is 20.2 Å². The summed E-state index contributed by atoms with van der Waals surface area (Å²) in [4.78, 5) is 0. The molecule has 0 heterocycles. The van der Waals surface area contributed by atoms with Crippen molar-refractivity contribution in [3.05, 3.63) is 29.6 Å². The Morgan fingerprint density at radius 3 is 2.93 bits per heavy atom. The maximum absolute atomic E-state index is 13.1. The fraction of sp³-hybridized carbons (Fsp3) is 0.364. The van der Waals surface area contributed by atoms with Crippen molar-refractivity contribution in [3.8, 4) is 11.8 Å². The van der Waals surface area contributed by atoms with E-state index in [-0.39, 0.29) is 5.56 Å². The zero-order valence-corrected chi connectivity index (χ0v) is 8.59. The first-order chi connectivity index (χ1) is 7.27. The van der Waals surface area contributed by atoms with Crippen LogP contribution in [0.1, 0.15) is 12.0 Å². The van der Waals surface area contributed by atoms with Gasteiger partial charge >= 0.3 is 0 Å². The number of hydrogen-bond acceptors (Lipinski definition) is 3. The highest BCUT2D eigenvalue weighted by molar-refractivity contribution is 5.36. The van der Waals surface area contributed by atoms with Gasteiger partial charge in [0.1, 0.15) is 17.6 Å². The molecule has 0 saturated carbocycles. The van der Waals surface area contributed by atoms with Gasteiger partial charge in [-0.2, -0.15) is 5.26 Å². The van der Waals surface area contributed by atoms with E-state index in [1.165, 1.54) is 12.1 Å². The predicted molar refractivity (Wildman–Crippen MR) is 55.2 cm³/mol. The maximum Gasteiger partial charge on any atom is 0.144 e. The summed E-state index contributed by atoms with van der Waals surface area (Å²) in [5, 5.41) is 11.5. The molecule has 15 heavy (non-hydrogen) atoms. The molecule has 0 spiro atoms. The Balaban J connectivity index is 2.49. The predicted octanol–water partition coefficient (Wildman–Crippen LogP) is 1.69. The van der Waals surface area contributed by atoms with Crippen molar-refractivity contribution in [2.24, 2.45) is 0 Å². The summed E-state index contributed by atoms with van der Waals surface area (Å²) < 4.78 is 18.4. The highest BCUT2D eigenvalue weighted by atomic mass is 19.1. The van der Waals surface area contributed by atoms with E-state index in [0.717, 1.165) is 13.0 Å². The van der Waals surface area contributed by atoms with E-state index < -0.39 is 5.82 Å². The van der Waals surface area contributed by atoms with Crippen LogP contribution in [0.4, 0.5) is 4.39 Å². The van der Waals surface area contributed by atoms with Gasteiger partial charge in [-0.15, -0.1) is 0 Å².